The number of benzene rings is 1. The summed E-state index contributed by atoms with van der Waals surface area (Å²) in [6, 6.07) is 1.78. The lowest BCUT2D eigenvalue weighted by Crippen LogP contribution is -2.40. The van der Waals surface area contributed by atoms with Crippen molar-refractivity contribution >= 4 is 5.69 Å². The predicted octanol–water partition coefficient (Wildman–Crippen LogP) is 0.110. The summed E-state index contributed by atoms with van der Waals surface area (Å²) in [5, 5.41) is 17.6. The van der Waals surface area contributed by atoms with E-state index in [9.17, 15) is 4.39 Å². The highest BCUT2D eigenvalue weighted by Gasteiger charge is 2.08. The number of halogens is 1. The van der Waals surface area contributed by atoms with Crippen LogP contribution in [0.15, 0.2) is 12.1 Å². The Morgan fingerprint density at radius 3 is 2.00 bits per heavy atom. The molecule has 0 saturated heterocycles. The van der Waals surface area contributed by atoms with Crippen molar-refractivity contribution in [3.05, 3.63) is 17.9 Å². The van der Waals surface area contributed by atoms with Gasteiger partial charge in [-0.1, -0.05) is 0 Å². The van der Waals surface area contributed by atoms with Gasteiger partial charge in [-0.3, -0.25) is 0 Å². The van der Waals surface area contributed by atoms with Gasteiger partial charge in [0.15, 0.2) is 11.5 Å². The second kappa shape index (κ2) is 2.15. The van der Waals surface area contributed by atoms with Gasteiger partial charge in [0.2, 0.25) is 5.69 Å². The molecule has 0 aromatic heterocycles. The van der Waals surface area contributed by atoms with Crippen molar-refractivity contribution in [3.63, 3.8) is 0 Å². The number of rotatable bonds is 0. The molecular weight excluding hydrogens is 137 g/mol. The van der Waals surface area contributed by atoms with Crippen LogP contribution in [0.5, 0.6) is 11.5 Å². The molecule has 5 N–H and O–H groups in total. The molecule has 0 fully saturated rings. The molecular formula is C6H7FNO2+. The molecule has 0 aliphatic heterocycles. The zero-order chi connectivity index (χ0) is 7.72. The number of hydrogen-bond acceptors (Lipinski definition) is 2. The van der Waals surface area contributed by atoms with E-state index in [1.807, 2.05) is 0 Å². The summed E-state index contributed by atoms with van der Waals surface area (Å²) < 4.78 is 12.3. The number of hydrogen-bond donors (Lipinski definition) is 3. The molecule has 0 amide bonds. The molecule has 4 heteroatoms. The molecule has 0 spiro atoms. The van der Waals surface area contributed by atoms with E-state index in [1.165, 1.54) is 0 Å². The van der Waals surface area contributed by atoms with Gasteiger partial charge in [-0.2, -0.15) is 0 Å². The first kappa shape index (κ1) is 6.82. The van der Waals surface area contributed by atoms with Crippen molar-refractivity contribution < 1.29 is 20.3 Å². The van der Waals surface area contributed by atoms with Crippen LogP contribution in [0.3, 0.4) is 0 Å². The number of phenolic OH excluding ortho intramolecular Hbond substituents is 2. The Bertz CT molecular complexity index is 239. The number of aromatic hydroxyl groups is 2. The maximum atomic E-state index is 12.3. The third-order valence-electron chi connectivity index (χ3n) is 1.17. The summed E-state index contributed by atoms with van der Waals surface area (Å²) in [6.45, 7) is 0. The van der Waals surface area contributed by atoms with Crippen LogP contribution >= 0.6 is 0 Å². The number of phenols is 2. The highest BCUT2D eigenvalue weighted by atomic mass is 19.1. The largest absolute Gasteiger partial charge is 0.503 e. The Morgan fingerprint density at radius 2 is 1.60 bits per heavy atom. The molecule has 0 saturated carbocycles. The summed E-state index contributed by atoms with van der Waals surface area (Å²) in [5.41, 5.74) is 3.34. The van der Waals surface area contributed by atoms with Crippen LogP contribution < -0.4 is 5.73 Å². The van der Waals surface area contributed by atoms with E-state index in [0.29, 0.717) is 0 Å². The van der Waals surface area contributed by atoms with Crippen LogP contribution in [-0.4, -0.2) is 10.2 Å². The molecule has 1 aromatic carbocycles. The van der Waals surface area contributed by atoms with E-state index in [0.717, 1.165) is 12.1 Å². The van der Waals surface area contributed by atoms with E-state index in [2.05, 4.69) is 5.73 Å². The molecule has 54 valence electrons. The molecule has 1 aromatic rings. The summed E-state index contributed by atoms with van der Waals surface area (Å²) >= 11 is 0. The SMILES string of the molecule is [NH3+]c1c(O)cc(F)cc1O. The fourth-order valence-electron chi connectivity index (χ4n) is 0.608. The summed E-state index contributed by atoms with van der Waals surface area (Å²) in [5.74, 6) is -1.35. The van der Waals surface area contributed by atoms with Crippen molar-refractivity contribution in [2.45, 2.75) is 0 Å². The minimum absolute atomic E-state index is 0.0430. The summed E-state index contributed by atoms with van der Waals surface area (Å²) in [7, 11) is 0. The zero-order valence-corrected chi connectivity index (χ0v) is 5.13. The summed E-state index contributed by atoms with van der Waals surface area (Å²) in [6.07, 6.45) is 0. The standard InChI is InChI=1S/C6H6FNO2/c7-3-1-4(9)6(8)5(10)2-3/h1-2,9-10H,8H2/p+1. The first-order valence-electron chi connectivity index (χ1n) is 2.64. The van der Waals surface area contributed by atoms with Gasteiger partial charge in [-0.15, -0.1) is 0 Å². The van der Waals surface area contributed by atoms with Gasteiger partial charge in [0.1, 0.15) is 5.82 Å². The topological polar surface area (TPSA) is 68.1 Å². The summed E-state index contributed by atoms with van der Waals surface area (Å²) in [4.78, 5) is 0. The Balaban J connectivity index is 3.31. The third kappa shape index (κ3) is 1.01. The molecule has 0 heterocycles. The van der Waals surface area contributed by atoms with E-state index < -0.39 is 5.82 Å². The van der Waals surface area contributed by atoms with E-state index in [1.54, 1.807) is 0 Å². The highest BCUT2D eigenvalue weighted by molar-refractivity contribution is 5.54. The van der Waals surface area contributed by atoms with Crippen molar-refractivity contribution in [1.29, 1.82) is 0 Å². The third-order valence-corrected chi connectivity index (χ3v) is 1.17. The maximum Gasteiger partial charge on any atom is 0.212 e. The molecule has 10 heavy (non-hydrogen) atoms. The average molecular weight is 144 g/mol. The van der Waals surface area contributed by atoms with Crippen LogP contribution in [0.4, 0.5) is 10.1 Å². The van der Waals surface area contributed by atoms with Gasteiger partial charge >= 0.3 is 0 Å². The number of quaternary nitrogens is 1. The Morgan fingerprint density at radius 1 is 1.20 bits per heavy atom. The van der Waals surface area contributed by atoms with Gasteiger partial charge in [-0.25, -0.2) is 4.39 Å². The lowest BCUT2D eigenvalue weighted by Gasteiger charge is -1.96. The molecule has 1 rings (SSSR count). The monoisotopic (exact) mass is 144 g/mol. The second-order valence-corrected chi connectivity index (χ2v) is 1.92. The van der Waals surface area contributed by atoms with Gasteiger partial charge in [0, 0.05) is 12.1 Å². The highest BCUT2D eigenvalue weighted by Crippen LogP contribution is 2.28. The van der Waals surface area contributed by atoms with Crippen molar-refractivity contribution in [2.24, 2.45) is 0 Å². The molecule has 0 aliphatic rings. The Labute approximate surface area is 56.5 Å². The fourth-order valence-corrected chi connectivity index (χ4v) is 0.608. The Hall–Kier alpha value is -1.29. The molecule has 0 aliphatic carbocycles. The van der Waals surface area contributed by atoms with Gasteiger partial charge in [0.05, 0.1) is 0 Å². The average Bonchev–Trinajstić information content (AvgIpc) is 1.82. The normalized spacial score (nSPS) is 9.80. The molecule has 0 atom stereocenters. The Kier molecular flexibility index (Phi) is 1.47. The van der Waals surface area contributed by atoms with Crippen LogP contribution in [-0.2, 0) is 0 Å². The maximum absolute atomic E-state index is 12.3. The van der Waals surface area contributed by atoms with E-state index in [-0.39, 0.29) is 17.2 Å². The molecule has 3 nitrogen and oxygen atoms in total. The minimum atomic E-state index is -0.678. The zero-order valence-electron chi connectivity index (χ0n) is 5.13. The van der Waals surface area contributed by atoms with Crippen LogP contribution in [0.2, 0.25) is 0 Å². The van der Waals surface area contributed by atoms with Crippen molar-refractivity contribution in [3.8, 4) is 11.5 Å². The molecule has 0 unspecified atom stereocenters. The second-order valence-electron chi connectivity index (χ2n) is 1.92. The van der Waals surface area contributed by atoms with E-state index >= 15 is 0 Å². The van der Waals surface area contributed by atoms with Crippen molar-refractivity contribution in [1.82, 2.24) is 0 Å². The van der Waals surface area contributed by atoms with Crippen LogP contribution in [0.1, 0.15) is 0 Å². The first-order chi connectivity index (χ1) is 4.61. The van der Waals surface area contributed by atoms with Crippen molar-refractivity contribution in [2.75, 3.05) is 0 Å². The quantitative estimate of drug-likeness (QED) is 0.483. The van der Waals surface area contributed by atoms with Gasteiger partial charge < -0.3 is 15.9 Å². The first-order valence-corrected chi connectivity index (χ1v) is 2.64. The fraction of sp³-hybridized carbons (Fsp3) is 0. The minimum Gasteiger partial charge on any atom is -0.503 e. The lowest BCUT2D eigenvalue weighted by atomic mass is 10.2. The smallest absolute Gasteiger partial charge is 0.212 e. The van der Waals surface area contributed by atoms with E-state index in [4.69, 9.17) is 10.2 Å². The lowest BCUT2D eigenvalue weighted by molar-refractivity contribution is -0.258. The molecule has 0 radical (unpaired) electrons. The predicted molar refractivity (Wildman–Crippen MR) is 32.3 cm³/mol. The van der Waals surface area contributed by atoms with Gasteiger partial charge in [0.25, 0.3) is 0 Å². The van der Waals surface area contributed by atoms with Crippen LogP contribution in [0.25, 0.3) is 0 Å². The molecule has 0 bridgehead atoms. The van der Waals surface area contributed by atoms with Gasteiger partial charge in [-0.05, 0) is 0 Å². The van der Waals surface area contributed by atoms with Crippen LogP contribution in [0, 0.1) is 5.82 Å².